The SMILES string of the molecule is CCCNC(=O)[C@H]1CN(C(=O)/C=C/c2cccc([N+](=O)[O-])c2)c2ccccc2O1. The fourth-order valence-corrected chi connectivity index (χ4v) is 2.94. The van der Waals surface area contributed by atoms with Crippen molar-refractivity contribution in [2.75, 3.05) is 18.0 Å². The van der Waals surface area contributed by atoms with Crippen molar-refractivity contribution in [3.63, 3.8) is 0 Å². The number of para-hydroxylation sites is 2. The van der Waals surface area contributed by atoms with Gasteiger partial charge in [-0.3, -0.25) is 19.7 Å². The van der Waals surface area contributed by atoms with Crippen molar-refractivity contribution >= 4 is 29.3 Å². The van der Waals surface area contributed by atoms with E-state index < -0.39 is 11.0 Å². The predicted molar refractivity (Wildman–Crippen MR) is 109 cm³/mol. The number of carbonyl (C=O) groups is 2. The smallest absolute Gasteiger partial charge is 0.270 e. The zero-order chi connectivity index (χ0) is 20.8. The monoisotopic (exact) mass is 395 g/mol. The highest BCUT2D eigenvalue weighted by Crippen LogP contribution is 2.33. The quantitative estimate of drug-likeness (QED) is 0.460. The van der Waals surface area contributed by atoms with Crippen LogP contribution < -0.4 is 15.0 Å². The zero-order valence-corrected chi connectivity index (χ0v) is 15.9. The Kier molecular flexibility index (Phi) is 6.23. The van der Waals surface area contributed by atoms with Crippen LogP contribution in [0.4, 0.5) is 11.4 Å². The van der Waals surface area contributed by atoms with Gasteiger partial charge in [0, 0.05) is 24.8 Å². The first-order valence-electron chi connectivity index (χ1n) is 9.27. The summed E-state index contributed by atoms with van der Waals surface area (Å²) in [6, 6.07) is 13.0. The van der Waals surface area contributed by atoms with E-state index in [1.54, 1.807) is 36.4 Å². The highest BCUT2D eigenvalue weighted by Gasteiger charge is 2.32. The van der Waals surface area contributed by atoms with Gasteiger partial charge in [0.25, 0.3) is 17.5 Å². The number of hydrogen-bond acceptors (Lipinski definition) is 5. The van der Waals surface area contributed by atoms with Crippen LogP contribution in [0, 0.1) is 10.1 Å². The Morgan fingerprint density at radius 1 is 1.28 bits per heavy atom. The first kappa shape index (κ1) is 20.1. The lowest BCUT2D eigenvalue weighted by molar-refractivity contribution is -0.384. The lowest BCUT2D eigenvalue weighted by Gasteiger charge is -2.33. The Labute approximate surface area is 167 Å². The number of nitrogens with one attached hydrogen (secondary N) is 1. The molecule has 8 heteroatoms. The number of hydrogen-bond donors (Lipinski definition) is 1. The van der Waals surface area contributed by atoms with Crippen molar-refractivity contribution in [1.29, 1.82) is 0 Å². The van der Waals surface area contributed by atoms with Crippen molar-refractivity contribution in [1.82, 2.24) is 5.32 Å². The number of amides is 2. The molecule has 29 heavy (non-hydrogen) atoms. The summed E-state index contributed by atoms with van der Waals surface area (Å²) in [6.07, 6.45) is 2.83. The van der Waals surface area contributed by atoms with Gasteiger partial charge in [-0.25, -0.2) is 0 Å². The minimum Gasteiger partial charge on any atom is -0.477 e. The van der Waals surface area contributed by atoms with Crippen molar-refractivity contribution in [2.45, 2.75) is 19.4 Å². The normalized spacial score (nSPS) is 15.5. The van der Waals surface area contributed by atoms with Crippen molar-refractivity contribution in [3.05, 3.63) is 70.3 Å². The number of ether oxygens (including phenoxy) is 1. The van der Waals surface area contributed by atoms with Crippen LogP contribution in [0.25, 0.3) is 6.08 Å². The molecule has 1 aliphatic heterocycles. The van der Waals surface area contributed by atoms with Gasteiger partial charge in [-0.05, 0) is 30.2 Å². The second kappa shape index (κ2) is 9.01. The summed E-state index contributed by atoms with van der Waals surface area (Å²) in [5, 5.41) is 13.7. The van der Waals surface area contributed by atoms with Gasteiger partial charge in [0.2, 0.25) is 0 Å². The Bertz CT molecular complexity index is 957. The number of nitrogens with zero attached hydrogens (tertiary/aromatic N) is 2. The summed E-state index contributed by atoms with van der Waals surface area (Å²) >= 11 is 0. The lowest BCUT2D eigenvalue weighted by Crippen LogP contribution is -2.50. The van der Waals surface area contributed by atoms with E-state index in [-0.39, 0.29) is 24.0 Å². The molecule has 1 heterocycles. The minimum absolute atomic E-state index is 0.0519. The summed E-state index contributed by atoms with van der Waals surface area (Å²) in [5.41, 5.74) is 1.05. The fraction of sp³-hybridized carbons (Fsp3) is 0.238. The summed E-state index contributed by atoms with van der Waals surface area (Å²) in [5.74, 6) is -0.171. The molecule has 0 spiro atoms. The number of fused-ring (bicyclic) bond motifs is 1. The van der Waals surface area contributed by atoms with Crippen LogP contribution in [0.15, 0.2) is 54.6 Å². The number of benzene rings is 2. The van der Waals surface area contributed by atoms with E-state index in [0.29, 0.717) is 23.5 Å². The molecule has 0 aromatic heterocycles. The Morgan fingerprint density at radius 3 is 2.83 bits per heavy atom. The standard InChI is InChI=1S/C21H21N3O5/c1-2-12-22-21(26)19-14-23(17-8-3-4-9-18(17)29-19)20(25)11-10-15-6-5-7-16(13-15)24(27)28/h3-11,13,19H,2,12,14H2,1H3,(H,22,26)/b11-10+/t19-/m1/s1. The number of nitro groups is 1. The van der Waals surface area contributed by atoms with Crippen molar-refractivity contribution < 1.29 is 19.2 Å². The number of non-ortho nitro benzene ring substituents is 1. The molecule has 0 radical (unpaired) electrons. The molecule has 0 unspecified atom stereocenters. The Morgan fingerprint density at radius 2 is 2.07 bits per heavy atom. The molecule has 1 N–H and O–H groups in total. The minimum atomic E-state index is -0.813. The molecular weight excluding hydrogens is 374 g/mol. The summed E-state index contributed by atoms with van der Waals surface area (Å²) in [6.45, 7) is 2.55. The van der Waals surface area contributed by atoms with Gasteiger partial charge >= 0.3 is 0 Å². The third kappa shape index (κ3) is 4.78. The Hall–Kier alpha value is -3.68. The molecule has 0 fully saturated rings. The van der Waals surface area contributed by atoms with E-state index in [1.807, 2.05) is 6.92 Å². The topological polar surface area (TPSA) is 102 Å². The molecule has 2 aromatic rings. The van der Waals surface area contributed by atoms with E-state index in [1.165, 1.54) is 29.2 Å². The van der Waals surface area contributed by atoms with Crippen LogP contribution in [0.1, 0.15) is 18.9 Å². The molecule has 0 aliphatic carbocycles. The first-order chi connectivity index (χ1) is 14.0. The van der Waals surface area contributed by atoms with E-state index in [4.69, 9.17) is 4.74 Å². The summed E-state index contributed by atoms with van der Waals surface area (Å²) < 4.78 is 5.77. The maximum Gasteiger partial charge on any atom is 0.270 e. The number of nitro benzene ring substituents is 1. The lowest BCUT2D eigenvalue weighted by atomic mass is 10.1. The van der Waals surface area contributed by atoms with E-state index >= 15 is 0 Å². The van der Waals surface area contributed by atoms with Gasteiger partial charge in [-0.15, -0.1) is 0 Å². The highest BCUT2D eigenvalue weighted by atomic mass is 16.6. The maximum absolute atomic E-state index is 12.9. The van der Waals surface area contributed by atoms with Gasteiger partial charge in [-0.1, -0.05) is 31.2 Å². The van der Waals surface area contributed by atoms with Crippen molar-refractivity contribution in [3.8, 4) is 5.75 Å². The first-order valence-corrected chi connectivity index (χ1v) is 9.27. The van der Waals surface area contributed by atoms with Crippen LogP contribution >= 0.6 is 0 Å². The van der Waals surface area contributed by atoms with Gasteiger partial charge in [0.1, 0.15) is 5.75 Å². The van der Waals surface area contributed by atoms with E-state index in [0.717, 1.165) is 6.42 Å². The largest absolute Gasteiger partial charge is 0.477 e. The number of carbonyl (C=O) groups excluding carboxylic acids is 2. The van der Waals surface area contributed by atoms with Crippen LogP contribution in [0.5, 0.6) is 5.75 Å². The predicted octanol–water partition coefficient (Wildman–Crippen LogP) is 2.93. The average molecular weight is 395 g/mol. The molecule has 1 aliphatic rings. The Balaban J connectivity index is 1.81. The number of anilines is 1. The molecule has 3 rings (SSSR count). The second-order valence-electron chi connectivity index (χ2n) is 6.50. The molecule has 0 saturated carbocycles. The molecule has 1 atom stereocenters. The van der Waals surface area contributed by atoms with Crippen LogP contribution in [0.3, 0.4) is 0 Å². The molecule has 0 saturated heterocycles. The maximum atomic E-state index is 12.9. The number of rotatable bonds is 6. The van der Waals surface area contributed by atoms with Crippen LogP contribution in [-0.2, 0) is 9.59 Å². The zero-order valence-electron chi connectivity index (χ0n) is 15.9. The average Bonchev–Trinajstić information content (AvgIpc) is 2.75. The van der Waals surface area contributed by atoms with Gasteiger partial charge in [0.15, 0.2) is 6.10 Å². The second-order valence-corrected chi connectivity index (χ2v) is 6.50. The third-order valence-electron chi connectivity index (χ3n) is 4.38. The summed E-state index contributed by atoms with van der Waals surface area (Å²) in [7, 11) is 0. The van der Waals surface area contributed by atoms with Crippen molar-refractivity contribution in [2.24, 2.45) is 0 Å². The highest BCUT2D eigenvalue weighted by molar-refractivity contribution is 6.05. The summed E-state index contributed by atoms with van der Waals surface area (Å²) in [4.78, 5) is 37.1. The van der Waals surface area contributed by atoms with Gasteiger partial charge in [0.05, 0.1) is 17.2 Å². The van der Waals surface area contributed by atoms with E-state index in [9.17, 15) is 19.7 Å². The van der Waals surface area contributed by atoms with Gasteiger partial charge < -0.3 is 15.0 Å². The molecule has 0 bridgehead atoms. The van der Waals surface area contributed by atoms with Crippen LogP contribution in [0.2, 0.25) is 0 Å². The van der Waals surface area contributed by atoms with E-state index in [2.05, 4.69) is 5.32 Å². The third-order valence-corrected chi connectivity index (χ3v) is 4.38. The fourth-order valence-electron chi connectivity index (χ4n) is 2.94. The molecular formula is C21H21N3O5. The molecule has 150 valence electrons. The van der Waals surface area contributed by atoms with Gasteiger partial charge in [-0.2, -0.15) is 0 Å². The molecule has 2 amide bonds. The molecule has 2 aromatic carbocycles. The molecule has 8 nitrogen and oxygen atoms in total. The van der Waals surface area contributed by atoms with Crippen LogP contribution in [-0.4, -0.2) is 35.9 Å².